The van der Waals surface area contributed by atoms with Crippen molar-refractivity contribution in [2.24, 2.45) is 5.73 Å². The average molecular weight is 332 g/mol. The van der Waals surface area contributed by atoms with Gasteiger partial charge in [-0.25, -0.2) is 0 Å². The third kappa shape index (κ3) is 2.53. The van der Waals surface area contributed by atoms with E-state index < -0.39 is 12.0 Å². The standard InChI is InChI=1S/C11H12N2O2.HI/c12-9(11(14)15)5-7-6-13-10-4-2-1-3-8(7)10;/h1-4,6,9,13H,5,12H2,(H,14,15);1H. The summed E-state index contributed by atoms with van der Waals surface area (Å²) in [6.45, 7) is 0. The maximum absolute atomic E-state index is 10.6. The fourth-order valence-corrected chi connectivity index (χ4v) is 1.62. The van der Waals surface area contributed by atoms with Crippen molar-refractivity contribution in [1.82, 2.24) is 4.98 Å². The molecule has 2 rings (SSSR count). The molecule has 5 heteroatoms. The molecule has 0 aliphatic heterocycles. The number of aromatic nitrogens is 1. The van der Waals surface area contributed by atoms with E-state index >= 15 is 0 Å². The van der Waals surface area contributed by atoms with Crippen LogP contribution in [-0.4, -0.2) is 22.1 Å². The van der Waals surface area contributed by atoms with E-state index in [0.29, 0.717) is 6.42 Å². The molecule has 1 unspecified atom stereocenters. The Morgan fingerprint density at radius 2 is 2.12 bits per heavy atom. The van der Waals surface area contributed by atoms with E-state index in [1.807, 2.05) is 30.5 Å². The van der Waals surface area contributed by atoms with Crippen molar-refractivity contribution in [3.63, 3.8) is 0 Å². The Hall–Kier alpha value is -1.08. The van der Waals surface area contributed by atoms with Gasteiger partial charge in [-0.1, -0.05) is 18.2 Å². The van der Waals surface area contributed by atoms with Crippen LogP contribution >= 0.6 is 24.0 Å². The molecule has 4 N–H and O–H groups in total. The number of aliphatic carboxylic acids is 1. The third-order valence-electron chi connectivity index (χ3n) is 2.43. The van der Waals surface area contributed by atoms with Crippen molar-refractivity contribution in [1.29, 1.82) is 0 Å². The first-order valence-corrected chi connectivity index (χ1v) is 4.72. The molecule has 2 aromatic rings. The molecule has 0 amide bonds. The van der Waals surface area contributed by atoms with E-state index in [1.165, 1.54) is 0 Å². The minimum Gasteiger partial charge on any atom is -0.480 e. The number of halogens is 1. The molecule has 1 atom stereocenters. The van der Waals surface area contributed by atoms with Gasteiger partial charge in [-0.2, -0.15) is 0 Å². The van der Waals surface area contributed by atoms with Crippen molar-refractivity contribution in [2.45, 2.75) is 12.5 Å². The highest BCUT2D eigenvalue weighted by molar-refractivity contribution is 14.0. The van der Waals surface area contributed by atoms with Crippen molar-refractivity contribution in [3.05, 3.63) is 36.0 Å². The summed E-state index contributed by atoms with van der Waals surface area (Å²) >= 11 is 0. The Kier molecular flexibility index (Phi) is 4.31. The molecule has 0 aliphatic carbocycles. The molecule has 86 valence electrons. The van der Waals surface area contributed by atoms with Crippen molar-refractivity contribution < 1.29 is 9.90 Å². The summed E-state index contributed by atoms with van der Waals surface area (Å²) in [5, 5.41) is 9.75. The number of H-pyrrole nitrogens is 1. The van der Waals surface area contributed by atoms with E-state index in [4.69, 9.17) is 10.8 Å². The molecule has 0 radical (unpaired) electrons. The second-order valence-corrected chi connectivity index (χ2v) is 3.51. The van der Waals surface area contributed by atoms with Gasteiger partial charge in [0, 0.05) is 23.5 Å². The molecule has 0 saturated carbocycles. The lowest BCUT2D eigenvalue weighted by Crippen LogP contribution is -2.32. The summed E-state index contributed by atoms with van der Waals surface area (Å²) in [7, 11) is 0. The van der Waals surface area contributed by atoms with Crippen LogP contribution < -0.4 is 5.73 Å². The molecule has 0 bridgehead atoms. The molecule has 0 aliphatic rings. The smallest absolute Gasteiger partial charge is 0.320 e. The van der Waals surface area contributed by atoms with Crippen LogP contribution in [0.15, 0.2) is 30.5 Å². The van der Waals surface area contributed by atoms with E-state index in [9.17, 15) is 4.79 Å². The van der Waals surface area contributed by atoms with Gasteiger partial charge in [-0.05, 0) is 11.6 Å². The lowest BCUT2D eigenvalue weighted by Gasteiger charge is -2.04. The maximum Gasteiger partial charge on any atom is 0.320 e. The van der Waals surface area contributed by atoms with Crippen LogP contribution in [0.3, 0.4) is 0 Å². The largest absolute Gasteiger partial charge is 0.480 e. The first-order valence-electron chi connectivity index (χ1n) is 4.72. The molecule has 1 aromatic heterocycles. The minimum absolute atomic E-state index is 0. The number of aromatic amines is 1. The first kappa shape index (κ1) is 13.0. The molecule has 0 saturated heterocycles. The van der Waals surface area contributed by atoms with E-state index in [-0.39, 0.29) is 24.0 Å². The van der Waals surface area contributed by atoms with Crippen LogP contribution in [0.5, 0.6) is 0 Å². The zero-order valence-corrected chi connectivity index (χ0v) is 10.8. The summed E-state index contributed by atoms with van der Waals surface area (Å²) < 4.78 is 0. The molecule has 4 nitrogen and oxygen atoms in total. The predicted octanol–water partition coefficient (Wildman–Crippen LogP) is 1.74. The number of nitrogens with two attached hydrogens (primary N) is 1. The zero-order chi connectivity index (χ0) is 10.8. The number of carbonyl (C=O) groups is 1. The van der Waals surface area contributed by atoms with Gasteiger partial charge < -0.3 is 15.8 Å². The Morgan fingerprint density at radius 3 is 2.81 bits per heavy atom. The van der Waals surface area contributed by atoms with Crippen LogP contribution in [-0.2, 0) is 11.2 Å². The van der Waals surface area contributed by atoms with E-state index in [1.54, 1.807) is 0 Å². The predicted molar refractivity (Wildman–Crippen MR) is 73.0 cm³/mol. The highest BCUT2D eigenvalue weighted by atomic mass is 127. The van der Waals surface area contributed by atoms with Crippen LogP contribution in [0.1, 0.15) is 5.56 Å². The minimum atomic E-state index is -0.972. The van der Waals surface area contributed by atoms with Crippen LogP contribution in [0, 0.1) is 0 Å². The fourth-order valence-electron chi connectivity index (χ4n) is 1.62. The molecule has 16 heavy (non-hydrogen) atoms. The highest BCUT2D eigenvalue weighted by Gasteiger charge is 2.14. The van der Waals surface area contributed by atoms with Gasteiger partial charge >= 0.3 is 5.97 Å². The van der Waals surface area contributed by atoms with Crippen LogP contribution in [0.2, 0.25) is 0 Å². The number of carboxylic acids is 1. The zero-order valence-electron chi connectivity index (χ0n) is 8.51. The van der Waals surface area contributed by atoms with Gasteiger partial charge in [0.05, 0.1) is 0 Å². The van der Waals surface area contributed by atoms with E-state index in [0.717, 1.165) is 16.5 Å². The van der Waals surface area contributed by atoms with E-state index in [2.05, 4.69) is 4.98 Å². The molecule has 1 aromatic carbocycles. The quantitative estimate of drug-likeness (QED) is 0.749. The van der Waals surface area contributed by atoms with Crippen LogP contribution in [0.4, 0.5) is 0 Å². The second-order valence-electron chi connectivity index (χ2n) is 3.51. The van der Waals surface area contributed by atoms with Crippen molar-refractivity contribution in [2.75, 3.05) is 0 Å². The number of hydrogen-bond acceptors (Lipinski definition) is 2. The fraction of sp³-hybridized carbons (Fsp3) is 0.182. The number of carboxylic acid groups (broad SMARTS) is 1. The number of para-hydroxylation sites is 1. The number of rotatable bonds is 3. The topological polar surface area (TPSA) is 79.1 Å². The van der Waals surface area contributed by atoms with Gasteiger partial charge in [0.2, 0.25) is 0 Å². The molecule has 0 spiro atoms. The third-order valence-corrected chi connectivity index (χ3v) is 2.43. The van der Waals surface area contributed by atoms with Gasteiger partial charge in [0.25, 0.3) is 0 Å². The molecular weight excluding hydrogens is 319 g/mol. The van der Waals surface area contributed by atoms with Gasteiger partial charge in [-0.3, -0.25) is 4.79 Å². The second kappa shape index (κ2) is 5.31. The summed E-state index contributed by atoms with van der Waals surface area (Å²) in [5.41, 5.74) is 7.43. The Labute approximate surface area is 110 Å². The van der Waals surface area contributed by atoms with Gasteiger partial charge in [0.1, 0.15) is 6.04 Å². The van der Waals surface area contributed by atoms with Crippen molar-refractivity contribution in [3.8, 4) is 0 Å². The molecular formula is C11H13IN2O2. The highest BCUT2D eigenvalue weighted by Crippen LogP contribution is 2.18. The average Bonchev–Trinajstić information content (AvgIpc) is 2.62. The van der Waals surface area contributed by atoms with Gasteiger partial charge in [-0.15, -0.1) is 24.0 Å². The SMILES string of the molecule is I.NC(Cc1c[nH]c2ccccc12)C(=O)O. The number of benzene rings is 1. The Balaban J connectivity index is 0.00000128. The summed E-state index contributed by atoms with van der Waals surface area (Å²) in [5.74, 6) is -0.972. The maximum atomic E-state index is 10.6. The lowest BCUT2D eigenvalue weighted by molar-refractivity contribution is -0.138. The van der Waals surface area contributed by atoms with Crippen LogP contribution in [0.25, 0.3) is 10.9 Å². The number of hydrogen-bond donors (Lipinski definition) is 3. The monoisotopic (exact) mass is 332 g/mol. The Bertz CT molecular complexity index is 495. The molecule has 1 heterocycles. The first-order chi connectivity index (χ1) is 7.18. The Morgan fingerprint density at radius 1 is 1.44 bits per heavy atom. The summed E-state index contributed by atoms with van der Waals surface area (Å²) in [6.07, 6.45) is 2.16. The normalized spacial score (nSPS) is 12.1. The van der Waals surface area contributed by atoms with Gasteiger partial charge in [0.15, 0.2) is 0 Å². The summed E-state index contributed by atoms with van der Waals surface area (Å²) in [6, 6.07) is 6.91. The summed E-state index contributed by atoms with van der Waals surface area (Å²) in [4.78, 5) is 13.7. The lowest BCUT2D eigenvalue weighted by atomic mass is 10.1. The van der Waals surface area contributed by atoms with Crippen molar-refractivity contribution >= 4 is 40.8 Å². The molecule has 0 fully saturated rings. The number of fused-ring (bicyclic) bond motifs is 1. The number of nitrogens with one attached hydrogen (secondary N) is 1.